The number of rotatable bonds is 4. The highest BCUT2D eigenvalue weighted by atomic mass is 32.2. The van der Waals surface area contributed by atoms with Crippen molar-refractivity contribution in [1.29, 1.82) is 0 Å². The van der Waals surface area contributed by atoms with Gasteiger partial charge in [-0.15, -0.1) is 0 Å². The van der Waals surface area contributed by atoms with E-state index in [1.54, 1.807) is 0 Å². The van der Waals surface area contributed by atoms with Crippen LogP contribution in [0.25, 0.3) is 0 Å². The summed E-state index contributed by atoms with van der Waals surface area (Å²) in [5.74, 6) is 2.36. The van der Waals surface area contributed by atoms with Crippen molar-refractivity contribution in [3.63, 3.8) is 0 Å². The van der Waals surface area contributed by atoms with Gasteiger partial charge in [-0.3, -0.25) is 4.68 Å². The fourth-order valence-electron chi connectivity index (χ4n) is 0.928. The first-order valence-electron chi connectivity index (χ1n) is 3.90. The van der Waals surface area contributed by atoms with E-state index in [0.29, 0.717) is 0 Å². The molecule has 1 aromatic heterocycles. The van der Waals surface area contributed by atoms with E-state index in [-0.39, 0.29) is 0 Å². The fraction of sp³-hybridized carbons (Fsp3) is 0.625. The third-order valence-electron chi connectivity index (χ3n) is 1.58. The summed E-state index contributed by atoms with van der Waals surface area (Å²) in [6, 6.07) is 2.04. The molecule has 1 heterocycles. The number of nitrogens with zero attached hydrogens (tertiary/aromatic N) is 2. The summed E-state index contributed by atoms with van der Waals surface area (Å²) < 4.78 is 2.04. The van der Waals surface area contributed by atoms with Crippen LogP contribution < -0.4 is 0 Å². The molecule has 0 amide bonds. The van der Waals surface area contributed by atoms with Crippen molar-refractivity contribution in [2.45, 2.75) is 20.4 Å². The molecule has 0 saturated carbocycles. The standard InChI is InChI=1S/C8H14N2S/c1-3-11-7-6-10-8(2)4-5-9-10/h4-5H,3,6-7H2,1-2H3. The molecule has 0 fully saturated rings. The lowest BCUT2D eigenvalue weighted by molar-refractivity contribution is 0.646. The summed E-state index contributed by atoms with van der Waals surface area (Å²) in [4.78, 5) is 0. The molecule has 0 saturated heterocycles. The molecule has 2 nitrogen and oxygen atoms in total. The number of aromatic nitrogens is 2. The Balaban J connectivity index is 2.32. The van der Waals surface area contributed by atoms with Gasteiger partial charge in [-0.2, -0.15) is 16.9 Å². The van der Waals surface area contributed by atoms with Gasteiger partial charge in [0.1, 0.15) is 0 Å². The first-order valence-corrected chi connectivity index (χ1v) is 5.06. The number of hydrogen-bond acceptors (Lipinski definition) is 2. The maximum absolute atomic E-state index is 4.19. The first kappa shape index (κ1) is 8.65. The van der Waals surface area contributed by atoms with Crippen molar-refractivity contribution in [1.82, 2.24) is 9.78 Å². The van der Waals surface area contributed by atoms with Crippen molar-refractivity contribution < 1.29 is 0 Å². The molecule has 62 valence electrons. The Kier molecular flexibility index (Phi) is 3.49. The predicted octanol–water partition coefficient (Wildman–Crippen LogP) is 1.94. The first-order chi connectivity index (χ1) is 5.34. The van der Waals surface area contributed by atoms with Crippen LogP contribution in [-0.2, 0) is 6.54 Å². The van der Waals surface area contributed by atoms with Gasteiger partial charge in [0.25, 0.3) is 0 Å². The molecule has 3 heteroatoms. The van der Waals surface area contributed by atoms with Crippen molar-refractivity contribution in [2.75, 3.05) is 11.5 Å². The van der Waals surface area contributed by atoms with Crippen LogP contribution in [0.15, 0.2) is 12.3 Å². The molecule has 0 radical (unpaired) electrons. The molecule has 0 aromatic carbocycles. The molecule has 0 bridgehead atoms. The highest BCUT2D eigenvalue weighted by molar-refractivity contribution is 7.99. The van der Waals surface area contributed by atoms with Gasteiger partial charge >= 0.3 is 0 Å². The van der Waals surface area contributed by atoms with Gasteiger partial charge in [0.05, 0.1) is 6.54 Å². The predicted molar refractivity (Wildman–Crippen MR) is 50.0 cm³/mol. The summed E-state index contributed by atoms with van der Waals surface area (Å²) >= 11 is 1.95. The average molecular weight is 170 g/mol. The summed E-state index contributed by atoms with van der Waals surface area (Å²) in [5.41, 5.74) is 1.25. The van der Waals surface area contributed by atoms with Gasteiger partial charge < -0.3 is 0 Å². The van der Waals surface area contributed by atoms with Gasteiger partial charge in [-0.1, -0.05) is 6.92 Å². The molecular weight excluding hydrogens is 156 g/mol. The van der Waals surface area contributed by atoms with Crippen LogP contribution in [0.5, 0.6) is 0 Å². The van der Waals surface area contributed by atoms with E-state index in [0.717, 1.165) is 6.54 Å². The number of hydrogen-bond donors (Lipinski definition) is 0. The Morgan fingerprint density at radius 1 is 1.64 bits per heavy atom. The van der Waals surface area contributed by atoms with Gasteiger partial charge in [-0.05, 0) is 18.7 Å². The lowest BCUT2D eigenvalue weighted by Gasteiger charge is -2.01. The minimum absolute atomic E-state index is 1.04. The third kappa shape index (κ3) is 2.58. The third-order valence-corrected chi connectivity index (χ3v) is 2.46. The molecule has 1 rings (SSSR count). The van der Waals surface area contributed by atoms with Crippen LogP contribution in [-0.4, -0.2) is 21.3 Å². The summed E-state index contributed by atoms with van der Waals surface area (Å²) in [5, 5.41) is 4.19. The smallest absolute Gasteiger partial charge is 0.0502 e. The Labute approximate surface area is 72.0 Å². The highest BCUT2D eigenvalue weighted by Crippen LogP contribution is 2.01. The van der Waals surface area contributed by atoms with Crippen LogP contribution >= 0.6 is 11.8 Å². The Morgan fingerprint density at radius 2 is 2.45 bits per heavy atom. The Bertz CT molecular complexity index is 208. The maximum Gasteiger partial charge on any atom is 0.0502 e. The van der Waals surface area contributed by atoms with Gasteiger partial charge in [0, 0.05) is 17.6 Å². The molecule has 0 aliphatic carbocycles. The Hall–Kier alpha value is -0.440. The van der Waals surface area contributed by atoms with Gasteiger partial charge in [0.2, 0.25) is 0 Å². The topological polar surface area (TPSA) is 17.8 Å². The average Bonchev–Trinajstić information content (AvgIpc) is 2.37. The van der Waals surface area contributed by atoms with Crippen LogP contribution in [0.1, 0.15) is 12.6 Å². The summed E-state index contributed by atoms with van der Waals surface area (Å²) in [6.45, 7) is 5.31. The number of aryl methyl sites for hydroxylation is 2. The second-order valence-corrected chi connectivity index (χ2v) is 3.79. The van der Waals surface area contributed by atoms with Crippen LogP contribution in [0, 0.1) is 6.92 Å². The second-order valence-electron chi connectivity index (χ2n) is 2.39. The second kappa shape index (κ2) is 4.44. The van der Waals surface area contributed by atoms with E-state index in [2.05, 4.69) is 18.9 Å². The molecule has 0 spiro atoms. The molecule has 0 aliphatic heterocycles. The molecule has 0 unspecified atom stereocenters. The van der Waals surface area contributed by atoms with Crippen molar-refractivity contribution >= 4 is 11.8 Å². The Morgan fingerprint density at radius 3 is 3.00 bits per heavy atom. The molecule has 1 aromatic rings. The largest absolute Gasteiger partial charge is 0.269 e. The van der Waals surface area contributed by atoms with E-state index >= 15 is 0 Å². The maximum atomic E-state index is 4.19. The lowest BCUT2D eigenvalue weighted by atomic mass is 10.5. The van der Waals surface area contributed by atoms with E-state index < -0.39 is 0 Å². The van der Waals surface area contributed by atoms with E-state index in [1.807, 2.05) is 28.7 Å². The SMILES string of the molecule is CCSCCn1nccc1C. The van der Waals surface area contributed by atoms with Crippen molar-refractivity contribution in [3.05, 3.63) is 18.0 Å². The van der Waals surface area contributed by atoms with Gasteiger partial charge in [-0.25, -0.2) is 0 Å². The zero-order valence-electron chi connectivity index (χ0n) is 7.08. The summed E-state index contributed by atoms with van der Waals surface area (Å²) in [7, 11) is 0. The van der Waals surface area contributed by atoms with E-state index in [1.165, 1.54) is 17.2 Å². The molecular formula is C8H14N2S. The van der Waals surface area contributed by atoms with Gasteiger partial charge in [0.15, 0.2) is 0 Å². The zero-order valence-corrected chi connectivity index (χ0v) is 7.90. The van der Waals surface area contributed by atoms with Crippen molar-refractivity contribution in [3.8, 4) is 0 Å². The fourth-order valence-corrected chi connectivity index (χ4v) is 1.52. The van der Waals surface area contributed by atoms with E-state index in [9.17, 15) is 0 Å². The summed E-state index contributed by atoms with van der Waals surface area (Å²) in [6.07, 6.45) is 1.85. The quantitative estimate of drug-likeness (QED) is 0.643. The molecule has 0 aliphatic rings. The zero-order chi connectivity index (χ0) is 8.10. The monoisotopic (exact) mass is 170 g/mol. The normalized spacial score (nSPS) is 10.4. The highest BCUT2D eigenvalue weighted by Gasteiger charge is 1.94. The minimum Gasteiger partial charge on any atom is -0.269 e. The molecule has 0 atom stereocenters. The molecule has 11 heavy (non-hydrogen) atoms. The van der Waals surface area contributed by atoms with Crippen molar-refractivity contribution in [2.24, 2.45) is 0 Å². The van der Waals surface area contributed by atoms with Crippen LogP contribution in [0.3, 0.4) is 0 Å². The molecule has 0 N–H and O–H groups in total. The number of thioether (sulfide) groups is 1. The van der Waals surface area contributed by atoms with Crippen LogP contribution in [0.2, 0.25) is 0 Å². The lowest BCUT2D eigenvalue weighted by Crippen LogP contribution is -2.04. The van der Waals surface area contributed by atoms with Crippen LogP contribution in [0.4, 0.5) is 0 Å². The van der Waals surface area contributed by atoms with E-state index in [4.69, 9.17) is 0 Å². The minimum atomic E-state index is 1.04.